The molecular formula is C18H12BrN3O5. The fraction of sp³-hybridized carbons (Fsp3) is 0.0556. The van der Waals surface area contributed by atoms with Crippen LogP contribution in [-0.2, 0) is 0 Å². The van der Waals surface area contributed by atoms with E-state index >= 15 is 0 Å². The van der Waals surface area contributed by atoms with Crippen molar-refractivity contribution in [3.05, 3.63) is 84.7 Å². The Kier molecular flexibility index (Phi) is 5.13. The second kappa shape index (κ2) is 7.50. The molecule has 0 saturated heterocycles. The number of nitro groups is 1. The number of hydrazone groups is 1. The summed E-state index contributed by atoms with van der Waals surface area (Å²) in [5.41, 5.74) is 2.75. The maximum atomic E-state index is 12.1. The topological polar surface area (TPSA) is 115 Å². The van der Waals surface area contributed by atoms with E-state index in [4.69, 9.17) is 4.42 Å². The third-order valence-electron chi connectivity index (χ3n) is 3.75. The van der Waals surface area contributed by atoms with Gasteiger partial charge in [-0.1, -0.05) is 15.9 Å². The number of hydrogen-bond acceptors (Lipinski definition) is 6. The molecule has 0 atom stereocenters. The zero-order valence-electron chi connectivity index (χ0n) is 13.9. The molecule has 0 unspecified atom stereocenters. The van der Waals surface area contributed by atoms with Gasteiger partial charge in [-0.15, -0.1) is 0 Å². The van der Waals surface area contributed by atoms with Crippen LogP contribution in [0, 0.1) is 10.1 Å². The van der Waals surface area contributed by atoms with Crippen molar-refractivity contribution in [3.63, 3.8) is 0 Å². The van der Waals surface area contributed by atoms with Gasteiger partial charge in [0.1, 0.15) is 5.58 Å². The third-order valence-corrected chi connectivity index (χ3v) is 4.24. The number of benzene rings is 2. The molecule has 0 fully saturated rings. The molecule has 1 aromatic heterocycles. The fourth-order valence-corrected chi connectivity index (χ4v) is 2.72. The first-order valence-corrected chi connectivity index (χ1v) is 8.47. The third kappa shape index (κ3) is 4.09. The Labute approximate surface area is 160 Å². The Balaban J connectivity index is 1.83. The zero-order valence-corrected chi connectivity index (χ0v) is 15.5. The van der Waals surface area contributed by atoms with Gasteiger partial charge in [0.25, 0.3) is 11.6 Å². The number of carbonyl (C=O) groups is 1. The molecule has 1 N–H and O–H groups in total. The lowest BCUT2D eigenvalue weighted by Gasteiger charge is -2.04. The SMILES string of the molecule is C/C(=N\NC(=O)c1ccc([N+](=O)[O-])cc1)c1cc2cc(Br)ccc2oc1=O. The molecule has 1 amide bonds. The van der Waals surface area contributed by atoms with Crippen molar-refractivity contribution < 1.29 is 14.1 Å². The summed E-state index contributed by atoms with van der Waals surface area (Å²) in [5.74, 6) is -0.558. The van der Waals surface area contributed by atoms with E-state index in [1.54, 1.807) is 31.2 Å². The van der Waals surface area contributed by atoms with E-state index in [9.17, 15) is 19.7 Å². The average molecular weight is 430 g/mol. The van der Waals surface area contributed by atoms with Gasteiger partial charge >= 0.3 is 5.63 Å². The first-order valence-electron chi connectivity index (χ1n) is 7.68. The molecular weight excluding hydrogens is 418 g/mol. The highest BCUT2D eigenvalue weighted by Gasteiger charge is 2.11. The van der Waals surface area contributed by atoms with Crippen LogP contribution in [0.4, 0.5) is 5.69 Å². The van der Waals surface area contributed by atoms with Gasteiger partial charge in [-0.05, 0) is 43.3 Å². The van der Waals surface area contributed by atoms with Crippen LogP contribution in [0.5, 0.6) is 0 Å². The van der Waals surface area contributed by atoms with Gasteiger partial charge in [0.2, 0.25) is 0 Å². The van der Waals surface area contributed by atoms with Crippen LogP contribution >= 0.6 is 15.9 Å². The second-order valence-electron chi connectivity index (χ2n) is 5.57. The van der Waals surface area contributed by atoms with E-state index in [0.29, 0.717) is 11.0 Å². The van der Waals surface area contributed by atoms with Crippen molar-refractivity contribution >= 4 is 44.2 Å². The highest BCUT2D eigenvalue weighted by Crippen LogP contribution is 2.19. The van der Waals surface area contributed by atoms with Crippen LogP contribution in [0.3, 0.4) is 0 Å². The number of nitrogens with zero attached hydrogens (tertiary/aromatic N) is 2. The van der Waals surface area contributed by atoms with Crippen LogP contribution < -0.4 is 11.1 Å². The van der Waals surface area contributed by atoms with Gasteiger partial charge in [0.15, 0.2) is 0 Å². The van der Waals surface area contributed by atoms with Crippen molar-refractivity contribution in [1.29, 1.82) is 0 Å². The highest BCUT2D eigenvalue weighted by molar-refractivity contribution is 9.10. The van der Waals surface area contributed by atoms with E-state index in [1.807, 2.05) is 0 Å². The predicted octanol–water partition coefficient (Wildman–Crippen LogP) is 3.62. The Morgan fingerprint density at radius 3 is 2.56 bits per heavy atom. The lowest BCUT2D eigenvalue weighted by molar-refractivity contribution is -0.384. The van der Waals surface area contributed by atoms with Crippen molar-refractivity contribution in [3.8, 4) is 0 Å². The van der Waals surface area contributed by atoms with Gasteiger partial charge in [0, 0.05) is 27.6 Å². The molecule has 136 valence electrons. The van der Waals surface area contributed by atoms with Gasteiger partial charge in [-0.2, -0.15) is 5.10 Å². The summed E-state index contributed by atoms with van der Waals surface area (Å²) >= 11 is 3.35. The predicted molar refractivity (Wildman–Crippen MR) is 103 cm³/mol. The molecule has 0 aliphatic heterocycles. The minimum atomic E-state index is -0.573. The highest BCUT2D eigenvalue weighted by atomic mass is 79.9. The molecule has 0 spiro atoms. The number of halogens is 1. The summed E-state index contributed by atoms with van der Waals surface area (Å²) in [7, 11) is 0. The molecule has 0 aliphatic rings. The van der Waals surface area contributed by atoms with Crippen LogP contribution in [0.25, 0.3) is 11.0 Å². The Bertz CT molecular complexity index is 1140. The number of carbonyl (C=O) groups excluding carboxylic acids is 1. The molecule has 0 saturated carbocycles. The van der Waals surface area contributed by atoms with E-state index in [2.05, 4.69) is 26.5 Å². The lowest BCUT2D eigenvalue weighted by Crippen LogP contribution is -2.21. The maximum Gasteiger partial charge on any atom is 0.345 e. The number of amides is 1. The minimum Gasteiger partial charge on any atom is -0.422 e. The summed E-state index contributed by atoms with van der Waals surface area (Å²) in [5, 5.41) is 15.3. The molecule has 1 heterocycles. The summed E-state index contributed by atoms with van der Waals surface area (Å²) in [6.45, 7) is 1.56. The molecule has 0 bridgehead atoms. The second-order valence-corrected chi connectivity index (χ2v) is 6.49. The molecule has 2 aromatic carbocycles. The molecule has 3 aromatic rings. The van der Waals surface area contributed by atoms with Crippen molar-refractivity contribution in [2.45, 2.75) is 6.92 Å². The molecule has 9 heteroatoms. The average Bonchev–Trinajstić information content (AvgIpc) is 2.65. The molecule has 0 aliphatic carbocycles. The van der Waals surface area contributed by atoms with Crippen molar-refractivity contribution in [1.82, 2.24) is 5.43 Å². The van der Waals surface area contributed by atoms with Gasteiger partial charge in [-0.25, -0.2) is 10.2 Å². The standard InChI is InChI=1S/C18H12BrN3O5/c1-10(15-9-12-8-13(19)4-7-16(12)27-18(15)24)20-21-17(23)11-2-5-14(6-3-11)22(25)26/h2-9H,1H3,(H,21,23)/b20-10+. The van der Waals surface area contributed by atoms with E-state index in [0.717, 1.165) is 4.47 Å². The molecule has 0 radical (unpaired) electrons. The smallest absolute Gasteiger partial charge is 0.345 e. The van der Waals surface area contributed by atoms with Crippen LogP contribution in [0.1, 0.15) is 22.8 Å². The first-order chi connectivity index (χ1) is 12.8. The fourth-order valence-electron chi connectivity index (χ4n) is 2.34. The first kappa shape index (κ1) is 18.5. The lowest BCUT2D eigenvalue weighted by atomic mass is 10.1. The monoisotopic (exact) mass is 429 g/mol. The van der Waals surface area contributed by atoms with Crippen LogP contribution in [0.15, 0.2) is 67.3 Å². The van der Waals surface area contributed by atoms with E-state index < -0.39 is 16.5 Å². The number of fused-ring (bicyclic) bond motifs is 1. The Hall–Kier alpha value is -3.33. The zero-order chi connectivity index (χ0) is 19.6. The Morgan fingerprint density at radius 2 is 1.89 bits per heavy atom. The van der Waals surface area contributed by atoms with Gasteiger partial charge < -0.3 is 4.42 Å². The summed E-state index contributed by atoms with van der Waals surface area (Å²) < 4.78 is 6.09. The van der Waals surface area contributed by atoms with E-state index in [1.165, 1.54) is 24.3 Å². The molecule has 3 rings (SSSR count). The van der Waals surface area contributed by atoms with Crippen LogP contribution in [0.2, 0.25) is 0 Å². The normalized spacial score (nSPS) is 11.4. The van der Waals surface area contributed by atoms with E-state index in [-0.39, 0.29) is 22.5 Å². The minimum absolute atomic E-state index is 0.119. The summed E-state index contributed by atoms with van der Waals surface area (Å²) in [4.78, 5) is 34.3. The van der Waals surface area contributed by atoms with Gasteiger partial charge in [0.05, 0.1) is 16.2 Å². The van der Waals surface area contributed by atoms with Crippen molar-refractivity contribution in [2.24, 2.45) is 5.10 Å². The molecule has 8 nitrogen and oxygen atoms in total. The largest absolute Gasteiger partial charge is 0.422 e. The summed E-state index contributed by atoms with van der Waals surface area (Å²) in [6, 6.07) is 11.9. The number of non-ortho nitro benzene ring substituents is 1. The Morgan fingerprint density at radius 1 is 1.19 bits per heavy atom. The van der Waals surface area contributed by atoms with Crippen LogP contribution in [-0.4, -0.2) is 16.5 Å². The number of nitro benzene ring substituents is 1. The van der Waals surface area contributed by atoms with Crippen molar-refractivity contribution in [2.75, 3.05) is 0 Å². The number of nitrogens with one attached hydrogen (secondary N) is 1. The quantitative estimate of drug-likeness (QED) is 0.294. The number of hydrogen-bond donors (Lipinski definition) is 1. The maximum absolute atomic E-state index is 12.1. The molecule has 27 heavy (non-hydrogen) atoms. The van der Waals surface area contributed by atoms with Gasteiger partial charge in [-0.3, -0.25) is 14.9 Å². The summed E-state index contributed by atoms with van der Waals surface area (Å²) in [6.07, 6.45) is 0. The number of rotatable bonds is 4.